The molecule has 2 aromatic rings. The molecule has 1 unspecified atom stereocenters. The van der Waals surface area contributed by atoms with Gasteiger partial charge in [0, 0.05) is 11.8 Å². The number of hydrogen-bond acceptors (Lipinski definition) is 3. The minimum Gasteiger partial charge on any atom is -0.302 e. The van der Waals surface area contributed by atoms with Crippen molar-refractivity contribution in [2.75, 3.05) is 13.1 Å². The largest absolute Gasteiger partial charge is 0.302 e. The number of hydrogen-bond donors (Lipinski definition) is 0. The zero-order chi connectivity index (χ0) is 13.2. The molecule has 0 aromatic carbocycles. The van der Waals surface area contributed by atoms with Crippen molar-refractivity contribution in [1.29, 1.82) is 0 Å². The first-order valence-electron chi connectivity index (χ1n) is 6.99. The number of aromatic nitrogens is 2. The molecule has 1 atom stereocenters. The smallest absolute Gasteiger partial charge is 0.151 e. The molecule has 19 heavy (non-hydrogen) atoms. The summed E-state index contributed by atoms with van der Waals surface area (Å²) >= 11 is 0. The van der Waals surface area contributed by atoms with Crippen LogP contribution < -0.4 is 0 Å². The Morgan fingerprint density at radius 3 is 3.11 bits per heavy atom. The zero-order valence-electron chi connectivity index (χ0n) is 11.2. The Hall–Kier alpha value is -1.68. The molecule has 0 saturated carbocycles. The van der Waals surface area contributed by atoms with E-state index in [4.69, 9.17) is 0 Å². The van der Waals surface area contributed by atoms with Gasteiger partial charge in [0.15, 0.2) is 6.29 Å². The highest BCUT2D eigenvalue weighted by Crippen LogP contribution is 2.30. The number of imidazole rings is 1. The van der Waals surface area contributed by atoms with Crippen molar-refractivity contribution in [2.24, 2.45) is 0 Å². The summed E-state index contributed by atoms with van der Waals surface area (Å²) in [4.78, 5) is 18.0. The Kier molecular flexibility index (Phi) is 3.34. The third-order valence-electron chi connectivity index (χ3n) is 4.03. The second-order valence-corrected chi connectivity index (χ2v) is 5.13. The molecule has 4 nitrogen and oxygen atoms in total. The number of aldehydes is 1. The van der Waals surface area contributed by atoms with Crippen molar-refractivity contribution in [3.05, 3.63) is 35.9 Å². The number of pyridine rings is 1. The van der Waals surface area contributed by atoms with Crippen LogP contribution in [0, 0.1) is 0 Å². The van der Waals surface area contributed by atoms with E-state index in [0.29, 0.717) is 11.6 Å². The predicted molar refractivity (Wildman–Crippen MR) is 74.4 cm³/mol. The number of rotatable bonds is 3. The summed E-state index contributed by atoms with van der Waals surface area (Å²) in [6.45, 7) is 4.39. The molecule has 0 aliphatic carbocycles. The molecule has 1 aliphatic heterocycles. The van der Waals surface area contributed by atoms with E-state index >= 15 is 0 Å². The number of nitrogens with zero attached hydrogens (tertiary/aromatic N) is 3. The van der Waals surface area contributed by atoms with Crippen molar-refractivity contribution in [3.63, 3.8) is 0 Å². The average molecular weight is 257 g/mol. The third-order valence-corrected chi connectivity index (χ3v) is 4.03. The summed E-state index contributed by atoms with van der Waals surface area (Å²) < 4.78 is 2.07. The molecule has 3 heterocycles. The number of piperidine rings is 1. The molecule has 0 N–H and O–H groups in total. The van der Waals surface area contributed by atoms with Gasteiger partial charge in [0.25, 0.3) is 0 Å². The summed E-state index contributed by atoms with van der Waals surface area (Å²) in [5, 5.41) is 0. The van der Waals surface area contributed by atoms with Crippen LogP contribution in [0.25, 0.3) is 5.52 Å². The van der Waals surface area contributed by atoms with Crippen LogP contribution in [0.3, 0.4) is 0 Å². The lowest BCUT2D eigenvalue weighted by atomic mass is 10.0. The van der Waals surface area contributed by atoms with Gasteiger partial charge in [0.1, 0.15) is 5.82 Å². The van der Waals surface area contributed by atoms with Crippen molar-refractivity contribution in [2.45, 2.75) is 32.2 Å². The number of likely N-dealkylation sites (tertiary alicyclic amines) is 1. The second kappa shape index (κ2) is 5.13. The molecule has 0 spiro atoms. The number of fused-ring (bicyclic) bond motifs is 1. The Morgan fingerprint density at radius 1 is 1.42 bits per heavy atom. The molecule has 4 heteroatoms. The first-order chi connectivity index (χ1) is 9.33. The normalized spacial score (nSPS) is 20.8. The van der Waals surface area contributed by atoms with Crippen molar-refractivity contribution in [3.8, 4) is 0 Å². The molecule has 0 amide bonds. The van der Waals surface area contributed by atoms with Crippen molar-refractivity contribution < 1.29 is 4.79 Å². The van der Waals surface area contributed by atoms with Crippen LogP contribution in [0.5, 0.6) is 0 Å². The Bertz CT molecular complexity index is 590. The molecule has 3 rings (SSSR count). The van der Waals surface area contributed by atoms with Crippen molar-refractivity contribution in [1.82, 2.24) is 14.3 Å². The van der Waals surface area contributed by atoms with E-state index in [-0.39, 0.29) is 0 Å². The Labute approximate surface area is 113 Å². The molecule has 0 radical (unpaired) electrons. The Balaban J connectivity index is 2.05. The second-order valence-electron chi connectivity index (χ2n) is 5.13. The van der Waals surface area contributed by atoms with Gasteiger partial charge in [-0.3, -0.25) is 9.69 Å². The maximum absolute atomic E-state index is 10.9. The zero-order valence-corrected chi connectivity index (χ0v) is 11.2. The maximum Gasteiger partial charge on any atom is 0.151 e. The van der Waals surface area contributed by atoms with E-state index in [2.05, 4.69) is 21.2 Å². The fourth-order valence-electron chi connectivity index (χ4n) is 3.00. The first kappa shape index (κ1) is 12.4. The summed E-state index contributed by atoms with van der Waals surface area (Å²) in [7, 11) is 0. The molecular formula is C15H19N3O. The van der Waals surface area contributed by atoms with Gasteiger partial charge in [-0.2, -0.15) is 0 Å². The molecule has 2 aromatic heterocycles. The number of carbonyl (C=O) groups is 1. The molecular weight excluding hydrogens is 238 g/mol. The molecule has 100 valence electrons. The van der Waals surface area contributed by atoms with E-state index in [0.717, 1.165) is 37.1 Å². The molecule has 1 fully saturated rings. The lowest BCUT2D eigenvalue weighted by Gasteiger charge is -2.33. The minimum absolute atomic E-state index is 0.378. The highest BCUT2D eigenvalue weighted by Gasteiger charge is 2.25. The fourth-order valence-corrected chi connectivity index (χ4v) is 3.00. The maximum atomic E-state index is 10.9. The van der Waals surface area contributed by atoms with Gasteiger partial charge in [0.2, 0.25) is 0 Å². The minimum atomic E-state index is 0.378. The fraction of sp³-hybridized carbons (Fsp3) is 0.467. The van der Waals surface area contributed by atoms with E-state index < -0.39 is 0 Å². The van der Waals surface area contributed by atoms with E-state index in [1.807, 2.05) is 24.5 Å². The van der Waals surface area contributed by atoms with E-state index in [1.54, 1.807) is 0 Å². The van der Waals surface area contributed by atoms with Crippen molar-refractivity contribution >= 4 is 11.8 Å². The van der Waals surface area contributed by atoms with Gasteiger partial charge in [-0.25, -0.2) is 4.98 Å². The molecule has 1 saturated heterocycles. The van der Waals surface area contributed by atoms with Gasteiger partial charge in [0.05, 0.1) is 17.8 Å². The SMILES string of the molecule is CCN1CCCCC1c1ncc2ccc(C=O)cn12. The lowest BCUT2D eigenvalue weighted by molar-refractivity contribution is 0.112. The Morgan fingerprint density at radius 2 is 2.32 bits per heavy atom. The summed E-state index contributed by atoms with van der Waals surface area (Å²) in [5.74, 6) is 1.07. The van der Waals surface area contributed by atoms with E-state index in [1.165, 1.54) is 12.8 Å². The van der Waals surface area contributed by atoms with Crippen LogP contribution in [-0.2, 0) is 0 Å². The standard InChI is InChI=1S/C15H19N3O/c1-2-17-8-4-3-5-14(17)15-16-9-13-7-6-12(11-19)10-18(13)15/h6-7,9-11,14H,2-5,8H2,1H3. The van der Waals surface area contributed by atoms with Crippen LogP contribution in [0.1, 0.15) is 48.4 Å². The van der Waals surface area contributed by atoms with Gasteiger partial charge in [-0.15, -0.1) is 0 Å². The first-order valence-corrected chi connectivity index (χ1v) is 6.99. The summed E-state index contributed by atoms with van der Waals surface area (Å²) in [6, 6.07) is 4.18. The highest BCUT2D eigenvalue weighted by atomic mass is 16.1. The molecule has 1 aliphatic rings. The number of carbonyl (C=O) groups excluding carboxylic acids is 1. The van der Waals surface area contributed by atoms with Crippen LogP contribution in [0.15, 0.2) is 24.5 Å². The quantitative estimate of drug-likeness (QED) is 0.793. The van der Waals surface area contributed by atoms with Gasteiger partial charge in [-0.05, 0) is 38.1 Å². The molecule has 0 bridgehead atoms. The van der Waals surface area contributed by atoms with E-state index in [9.17, 15) is 4.79 Å². The average Bonchev–Trinajstić information content (AvgIpc) is 2.89. The van der Waals surface area contributed by atoms with Gasteiger partial charge < -0.3 is 4.40 Å². The summed E-state index contributed by atoms with van der Waals surface area (Å²) in [6.07, 6.45) is 8.36. The van der Waals surface area contributed by atoms with Crippen LogP contribution in [0.4, 0.5) is 0 Å². The third kappa shape index (κ3) is 2.16. The lowest BCUT2D eigenvalue weighted by Crippen LogP contribution is -2.34. The van der Waals surface area contributed by atoms with Crippen LogP contribution in [-0.4, -0.2) is 33.7 Å². The predicted octanol–water partition coefficient (Wildman–Crippen LogP) is 2.69. The highest BCUT2D eigenvalue weighted by molar-refractivity contribution is 5.75. The van der Waals surface area contributed by atoms with Gasteiger partial charge in [-0.1, -0.05) is 13.3 Å². The van der Waals surface area contributed by atoms with Gasteiger partial charge >= 0.3 is 0 Å². The van der Waals surface area contributed by atoms with Crippen LogP contribution >= 0.6 is 0 Å². The summed E-state index contributed by atoms with van der Waals surface area (Å²) in [5.41, 5.74) is 1.76. The topological polar surface area (TPSA) is 37.6 Å². The monoisotopic (exact) mass is 257 g/mol. The van der Waals surface area contributed by atoms with Crippen LogP contribution in [0.2, 0.25) is 0 Å².